The minimum atomic E-state index is 0.379. The predicted octanol–water partition coefficient (Wildman–Crippen LogP) is 6.63. The van der Waals surface area contributed by atoms with Crippen molar-refractivity contribution in [2.75, 3.05) is 0 Å². The molecule has 0 aliphatic heterocycles. The molecule has 2 unspecified atom stereocenters. The molecule has 0 radical (unpaired) electrons. The first-order valence-electron chi connectivity index (χ1n) is 12.4. The summed E-state index contributed by atoms with van der Waals surface area (Å²) in [7, 11) is 0. The van der Waals surface area contributed by atoms with Gasteiger partial charge in [0.1, 0.15) is 5.82 Å². The van der Waals surface area contributed by atoms with Crippen LogP contribution >= 0.6 is 0 Å². The van der Waals surface area contributed by atoms with Gasteiger partial charge in [0, 0.05) is 23.6 Å². The van der Waals surface area contributed by atoms with Gasteiger partial charge in [-0.05, 0) is 83.7 Å². The Morgan fingerprint density at radius 2 is 1.91 bits per heavy atom. The first-order valence-corrected chi connectivity index (χ1v) is 12.4. The molecule has 1 fully saturated rings. The van der Waals surface area contributed by atoms with Crippen molar-refractivity contribution in [3.8, 4) is 17.1 Å². The Hall–Kier alpha value is -3.13. The molecule has 2 heteroatoms. The van der Waals surface area contributed by atoms with E-state index in [1.54, 1.807) is 11.1 Å². The molecule has 1 saturated carbocycles. The Bertz CT molecular complexity index is 1470. The summed E-state index contributed by atoms with van der Waals surface area (Å²) >= 11 is 0. The maximum Gasteiger partial charge on any atom is 0.144 e. The summed E-state index contributed by atoms with van der Waals surface area (Å²) in [6, 6.07) is 22.1. The number of rotatable bonds is 3. The molecule has 2 aliphatic rings. The highest BCUT2D eigenvalue weighted by Gasteiger charge is 2.39. The van der Waals surface area contributed by atoms with Crippen molar-refractivity contribution in [3.63, 3.8) is 0 Å². The highest BCUT2D eigenvalue weighted by Crippen LogP contribution is 2.51. The van der Waals surface area contributed by atoms with Crippen molar-refractivity contribution >= 4 is 21.9 Å². The first kappa shape index (κ1) is 20.5. The monoisotopic (exact) mass is 432 g/mol. The fourth-order valence-electron chi connectivity index (χ4n) is 6.72. The van der Waals surface area contributed by atoms with Crippen LogP contribution in [0.2, 0.25) is 0 Å². The van der Waals surface area contributed by atoms with Gasteiger partial charge in [-0.3, -0.25) is 4.57 Å². The van der Waals surface area contributed by atoms with Crippen LogP contribution in [0.3, 0.4) is 0 Å². The molecule has 0 spiro atoms. The summed E-state index contributed by atoms with van der Waals surface area (Å²) in [6.45, 7) is 7.23. The van der Waals surface area contributed by atoms with Gasteiger partial charge < -0.3 is 0 Å². The van der Waals surface area contributed by atoms with E-state index >= 15 is 0 Å². The van der Waals surface area contributed by atoms with Crippen LogP contribution in [0.15, 0.2) is 73.1 Å². The number of fused-ring (bicyclic) bond motifs is 4. The minimum Gasteiger partial charge on any atom is -0.300 e. The van der Waals surface area contributed by atoms with Gasteiger partial charge in [0.15, 0.2) is 0 Å². The number of imidazole rings is 1. The normalized spacial score (nSPS) is 22.3. The van der Waals surface area contributed by atoms with Crippen molar-refractivity contribution in [2.24, 2.45) is 11.3 Å². The average molecular weight is 433 g/mol. The van der Waals surface area contributed by atoms with E-state index in [1.165, 1.54) is 53.3 Å². The van der Waals surface area contributed by atoms with Crippen LogP contribution in [-0.2, 0) is 0 Å². The fourth-order valence-corrected chi connectivity index (χ4v) is 6.72. The number of aromatic nitrogens is 2. The highest BCUT2D eigenvalue weighted by atomic mass is 15.1. The van der Waals surface area contributed by atoms with E-state index in [-0.39, 0.29) is 0 Å². The Morgan fingerprint density at radius 1 is 1.06 bits per heavy atom. The van der Waals surface area contributed by atoms with Gasteiger partial charge in [-0.2, -0.15) is 0 Å². The van der Waals surface area contributed by atoms with E-state index in [0.29, 0.717) is 5.41 Å². The number of hydrogen-bond donors (Lipinski definition) is 0. The van der Waals surface area contributed by atoms with Gasteiger partial charge in [-0.15, -0.1) is 0 Å². The Morgan fingerprint density at radius 3 is 2.73 bits per heavy atom. The lowest BCUT2D eigenvalue weighted by Crippen LogP contribution is -2.43. The summed E-state index contributed by atoms with van der Waals surface area (Å²) in [5.74, 6) is 1.82. The van der Waals surface area contributed by atoms with Gasteiger partial charge in [-0.25, -0.2) is 4.98 Å². The van der Waals surface area contributed by atoms with Gasteiger partial charge in [-0.1, -0.05) is 73.5 Å². The summed E-state index contributed by atoms with van der Waals surface area (Å²) in [4.78, 5) is 4.65. The van der Waals surface area contributed by atoms with Crippen LogP contribution in [0, 0.1) is 11.3 Å². The lowest BCUT2D eigenvalue weighted by molar-refractivity contribution is 0.250. The minimum absolute atomic E-state index is 0.379. The van der Waals surface area contributed by atoms with E-state index in [0.717, 1.165) is 23.0 Å². The Balaban J connectivity index is 1.54. The van der Waals surface area contributed by atoms with Crippen LogP contribution in [0.25, 0.3) is 39.0 Å². The second-order valence-electron chi connectivity index (χ2n) is 10.3. The summed E-state index contributed by atoms with van der Waals surface area (Å²) in [5, 5.41) is 5.74. The second kappa shape index (κ2) is 7.73. The zero-order valence-electron chi connectivity index (χ0n) is 19.9. The van der Waals surface area contributed by atoms with Crippen molar-refractivity contribution < 1.29 is 0 Å². The molecule has 0 saturated heterocycles. The van der Waals surface area contributed by atoms with Crippen LogP contribution in [0.5, 0.6) is 0 Å². The van der Waals surface area contributed by atoms with Crippen LogP contribution < -0.4 is 10.4 Å². The van der Waals surface area contributed by atoms with Crippen molar-refractivity contribution in [2.45, 2.75) is 52.9 Å². The SMILES string of the molecule is CCC12CC(C)=c3c(ccc4cc(-n5ccnc5-c5ccccc5)ccc34)=C1CCC(C)C2. The molecule has 1 heterocycles. The maximum atomic E-state index is 4.65. The summed E-state index contributed by atoms with van der Waals surface area (Å²) in [5.41, 5.74) is 5.97. The Kier molecular flexibility index (Phi) is 4.79. The number of benzene rings is 3. The van der Waals surface area contributed by atoms with Crippen LogP contribution in [0.4, 0.5) is 0 Å². The zero-order valence-corrected chi connectivity index (χ0v) is 19.9. The fraction of sp³-hybridized carbons (Fsp3) is 0.323. The second-order valence-corrected chi connectivity index (χ2v) is 10.3. The molecule has 3 aromatic carbocycles. The van der Waals surface area contributed by atoms with E-state index in [9.17, 15) is 0 Å². The van der Waals surface area contributed by atoms with E-state index in [4.69, 9.17) is 0 Å². The van der Waals surface area contributed by atoms with E-state index < -0.39 is 0 Å². The molecule has 6 rings (SSSR count). The maximum absolute atomic E-state index is 4.65. The van der Waals surface area contributed by atoms with E-state index in [2.05, 4.69) is 91.1 Å². The predicted molar refractivity (Wildman–Crippen MR) is 139 cm³/mol. The van der Waals surface area contributed by atoms with Crippen molar-refractivity contribution in [1.82, 2.24) is 9.55 Å². The third-order valence-electron chi connectivity index (χ3n) is 8.25. The van der Waals surface area contributed by atoms with E-state index in [1.807, 2.05) is 12.3 Å². The van der Waals surface area contributed by atoms with Gasteiger partial charge in [0.2, 0.25) is 0 Å². The van der Waals surface area contributed by atoms with Crippen LogP contribution in [-0.4, -0.2) is 9.55 Å². The first-order chi connectivity index (χ1) is 16.1. The largest absolute Gasteiger partial charge is 0.300 e. The Labute approximate surface area is 196 Å². The lowest BCUT2D eigenvalue weighted by atomic mass is 9.60. The van der Waals surface area contributed by atoms with Gasteiger partial charge >= 0.3 is 0 Å². The number of hydrogen-bond acceptors (Lipinski definition) is 1. The molecule has 2 atom stereocenters. The molecule has 0 amide bonds. The van der Waals surface area contributed by atoms with Gasteiger partial charge in [0.25, 0.3) is 0 Å². The van der Waals surface area contributed by atoms with Gasteiger partial charge in [0.05, 0.1) is 0 Å². The third-order valence-corrected chi connectivity index (χ3v) is 8.25. The molecular formula is C31H32N2. The molecule has 0 N–H and O–H groups in total. The molecule has 1 aromatic heterocycles. The van der Waals surface area contributed by atoms with Crippen LogP contribution in [0.1, 0.15) is 52.9 Å². The molecule has 2 nitrogen and oxygen atoms in total. The molecule has 166 valence electrons. The third kappa shape index (κ3) is 3.19. The molecule has 0 bridgehead atoms. The molecule has 2 aliphatic carbocycles. The zero-order chi connectivity index (χ0) is 22.6. The smallest absolute Gasteiger partial charge is 0.144 e. The lowest BCUT2D eigenvalue weighted by Gasteiger charge is -2.44. The molecule has 4 aromatic rings. The highest BCUT2D eigenvalue weighted by molar-refractivity contribution is 5.88. The molecule has 33 heavy (non-hydrogen) atoms. The average Bonchev–Trinajstić information content (AvgIpc) is 3.33. The molecular weight excluding hydrogens is 400 g/mol. The summed E-state index contributed by atoms with van der Waals surface area (Å²) < 4.78 is 2.20. The topological polar surface area (TPSA) is 17.8 Å². The quantitative estimate of drug-likeness (QED) is 0.355. The standard InChI is InChI=1S/C31H32N2/c1-4-31-19-21(2)10-15-28(31)27-13-11-24-18-25(12-14-26(24)29(27)22(3)20-31)33-17-16-32-30(33)23-8-6-5-7-9-23/h5-9,11-14,16-18,21H,4,10,15,19-20H2,1-3H3. The van der Waals surface area contributed by atoms with Crippen molar-refractivity contribution in [3.05, 3.63) is 83.5 Å². The van der Waals surface area contributed by atoms with Crippen molar-refractivity contribution in [1.29, 1.82) is 0 Å². The number of nitrogens with zero attached hydrogens (tertiary/aromatic N) is 2. The summed E-state index contributed by atoms with van der Waals surface area (Å²) in [6.07, 6.45) is 10.4.